The maximum Gasteiger partial charge on any atom is 0.150 e. The van der Waals surface area contributed by atoms with Gasteiger partial charge in [0, 0.05) is 24.0 Å². The van der Waals surface area contributed by atoms with E-state index in [0.717, 1.165) is 23.2 Å². The van der Waals surface area contributed by atoms with Gasteiger partial charge in [0.15, 0.2) is 0 Å². The van der Waals surface area contributed by atoms with Crippen LogP contribution in [0.3, 0.4) is 0 Å². The van der Waals surface area contributed by atoms with Crippen LogP contribution in [0.1, 0.15) is 15.9 Å². The number of benzene rings is 2. The van der Waals surface area contributed by atoms with Gasteiger partial charge in [-0.05, 0) is 48.9 Å². The minimum Gasteiger partial charge on any atom is -0.344 e. The van der Waals surface area contributed by atoms with Crippen molar-refractivity contribution >= 4 is 17.7 Å². The number of anilines is 2. The van der Waals surface area contributed by atoms with Crippen LogP contribution in [0.2, 0.25) is 0 Å². The van der Waals surface area contributed by atoms with Gasteiger partial charge in [-0.15, -0.1) is 0 Å². The summed E-state index contributed by atoms with van der Waals surface area (Å²) in [5, 5.41) is 0. The van der Waals surface area contributed by atoms with Crippen LogP contribution in [0.15, 0.2) is 42.5 Å². The largest absolute Gasteiger partial charge is 0.344 e. The summed E-state index contributed by atoms with van der Waals surface area (Å²) in [5.41, 5.74) is 3.35. The van der Waals surface area contributed by atoms with Gasteiger partial charge >= 0.3 is 0 Å². The number of aldehydes is 1. The average molecular weight is 243 g/mol. The molecule has 92 valence electrons. The Kier molecular flexibility index (Phi) is 3.42. The minimum absolute atomic E-state index is 0.262. The Morgan fingerprint density at radius 1 is 1.17 bits per heavy atom. The lowest BCUT2D eigenvalue weighted by Crippen LogP contribution is -2.11. The van der Waals surface area contributed by atoms with Crippen LogP contribution in [0.5, 0.6) is 0 Å². The van der Waals surface area contributed by atoms with Crippen molar-refractivity contribution in [1.82, 2.24) is 0 Å². The van der Waals surface area contributed by atoms with E-state index in [4.69, 9.17) is 0 Å². The van der Waals surface area contributed by atoms with Crippen molar-refractivity contribution in [3.8, 4) is 0 Å². The fourth-order valence-corrected chi connectivity index (χ4v) is 1.95. The van der Waals surface area contributed by atoms with E-state index in [0.29, 0.717) is 5.56 Å². The summed E-state index contributed by atoms with van der Waals surface area (Å²) >= 11 is 0. The molecule has 0 aromatic heterocycles. The van der Waals surface area contributed by atoms with E-state index in [1.807, 2.05) is 37.1 Å². The van der Waals surface area contributed by atoms with E-state index >= 15 is 0 Å². The monoisotopic (exact) mass is 243 g/mol. The second-order valence-electron chi connectivity index (χ2n) is 4.20. The fourth-order valence-electron chi connectivity index (χ4n) is 1.95. The van der Waals surface area contributed by atoms with Crippen molar-refractivity contribution in [1.29, 1.82) is 0 Å². The maximum absolute atomic E-state index is 13.2. The van der Waals surface area contributed by atoms with Crippen LogP contribution in [0.4, 0.5) is 15.8 Å². The molecule has 0 amide bonds. The summed E-state index contributed by atoms with van der Waals surface area (Å²) in [6, 6.07) is 11.9. The lowest BCUT2D eigenvalue weighted by atomic mass is 10.1. The number of halogens is 1. The Morgan fingerprint density at radius 3 is 2.56 bits per heavy atom. The topological polar surface area (TPSA) is 20.3 Å². The number of nitrogens with zero attached hydrogens (tertiary/aromatic N) is 1. The minimum atomic E-state index is -0.262. The van der Waals surface area contributed by atoms with Gasteiger partial charge < -0.3 is 4.90 Å². The highest BCUT2D eigenvalue weighted by molar-refractivity contribution is 5.78. The first-order chi connectivity index (χ1) is 8.61. The van der Waals surface area contributed by atoms with E-state index in [1.165, 1.54) is 12.1 Å². The van der Waals surface area contributed by atoms with E-state index in [-0.39, 0.29) is 5.82 Å². The third-order valence-electron chi connectivity index (χ3n) is 2.91. The molecule has 3 heteroatoms. The highest BCUT2D eigenvalue weighted by Crippen LogP contribution is 2.27. The normalized spacial score (nSPS) is 10.2. The zero-order chi connectivity index (χ0) is 13.1. The van der Waals surface area contributed by atoms with Gasteiger partial charge in [-0.3, -0.25) is 4.79 Å². The summed E-state index contributed by atoms with van der Waals surface area (Å²) in [7, 11) is 1.87. The second-order valence-corrected chi connectivity index (χ2v) is 4.20. The van der Waals surface area contributed by atoms with Gasteiger partial charge in [0.25, 0.3) is 0 Å². The molecule has 2 rings (SSSR count). The lowest BCUT2D eigenvalue weighted by molar-refractivity contribution is 0.112. The first-order valence-electron chi connectivity index (χ1n) is 5.67. The molecule has 0 aliphatic rings. The molecule has 0 aliphatic carbocycles. The Hall–Kier alpha value is -2.16. The van der Waals surface area contributed by atoms with Gasteiger partial charge in [0.05, 0.1) is 0 Å². The summed E-state index contributed by atoms with van der Waals surface area (Å²) in [4.78, 5) is 12.6. The standard InChI is InChI=1S/C15H14FNO/c1-11-8-12(10-18)6-7-15(11)17(2)14-5-3-4-13(16)9-14/h3-10H,1-2H3. The number of aryl methyl sites for hydroxylation is 1. The molecule has 0 heterocycles. The highest BCUT2D eigenvalue weighted by atomic mass is 19.1. The third-order valence-corrected chi connectivity index (χ3v) is 2.91. The van der Waals surface area contributed by atoms with Crippen molar-refractivity contribution < 1.29 is 9.18 Å². The van der Waals surface area contributed by atoms with Crippen molar-refractivity contribution in [2.75, 3.05) is 11.9 Å². The molecule has 0 saturated heterocycles. The first-order valence-corrected chi connectivity index (χ1v) is 5.67. The smallest absolute Gasteiger partial charge is 0.150 e. The molecule has 0 radical (unpaired) electrons. The molecule has 0 aliphatic heterocycles. The second kappa shape index (κ2) is 5.00. The molecule has 18 heavy (non-hydrogen) atoms. The third kappa shape index (κ3) is 2.40. The van der Waals surface area contributed by atoms with Crippen LogP contribution < -0.4 is 4.90 Å². The number of carbonyl (C=O) groups is 1. The predicted octanol–water partition coefficient (Wildman–Crippen LogP) is 3.71. The molecule has 0 bridgehead atoms. The zero-order valence-electron chi connectivity index (χ0n) is 10.4. The van der Waals surface area contributed by atoms with Gasteiger partial charge in [0.1, 0.15) is 12.1 Å². The molecule has 0 fully saturated rings. The summed E-state index contributed by atoms with van der Waals surface area (Å²) in [6.07, 6.45) is 0.818. The molecule has 2 aromatic rings. The molecule has 0 unspecified atom stereocenters. The Bertz CT molecular complexity index is 580. The van der Waals surface area contributed by atoms with Gasteiger partial charge in [-0.1, -0.05) is 6.07 Å². The van der Waals surface area contributed by atoms with Crippen LogP contribution in [-0.2, 0) is 0 Å². The molecule has 0 spiro atoms. The van der Waals surface area contributed by atoms with E-state index in [2.05, 4.69) is 0 Å². The molecular weight excluding hydrogens is 229 g/mol. The Morgan fingerprint density at radius 2 is 1.94 bits per heavy atom. The predicted molar refractivity (Wildman–Crippen MR) is 71.0 cm³/mol. The van der Waals surface area contributed by atoms with Crippen LogP contribution >= 0.6 is 0 Å². The molecule has 0 N–H and O–H groups in total. The number of carbonyl (C=O) groups excluding carboxylic acids is 1. The van der Waals surface area contributed by atoms with Gasteiger partial charge in [-0.2, -0.15) is 0 Å². The lowest BCUT2D eigenvalue weighted by Gasteiger charge is -2.21. The molecular formula is C15H14FNO. The van der Waals surface area contributed by atoms with Crippen LogP contribution in [-0.4, -0.2) is 13.3 Å². The van der Waals surface area contributed by atoms with Crippen molar-refractivity contribution in [3.05, 3.63) is 59.4 Å². The molecule has 0 saturated carbocycles. The zero-order valence-corrected chi connectivity index (χ0v) is 10.4. The fraction of sp³-hybridized carbons (Fsp3) is 0.133. The average Bonchev–Trinajstić information content (AvgIpc) is 2.37. The molecule has 0 atom stereocenters. The maximum atomic E-state index is 13.2. The SMILES string of the molecule is Cc1cc(C=O)ccc1N(C)c1cccc(F)c1. The van der Waals surface area contributed by atoms with Gasteiger partial charge in [-0.25, -0.2) is 4.39 Å². The summed E-state index contributed by atoms with van der Waals surface area (Å²) in [5.74, 6) is -0.262. The number of hydrogen-bond donors (Lipinski definition) is 0. The molecule has 2 aromatic carbocycles. The first kappa shape index (κ1) is 12.3. The highest BCUT2D eigenvalue weighted by Gasteiger charge is 2.08. The Labute approximate surface area is 106 Å². The summed E-state index contributed by atoms with van der Waals surface area (Å²) in [6.45, 7) is 1.93. The van der Waals surface area contributed by atoms with E-state index < -0.39 is 0 Å². The number of rotatable bonds is 3. The van der Waals surface area contributed by atoms with Crippen molar-refractivity contribution in [2.24, 2.45) is 0 Å². The van der Waals surface area contributed by atoms with Crippen LogP contribution in [0, 0.1) is 12.7 Å². The quantitative estimate of drug-likeness (QED) is 0.766. The van der Waals surface area contributed by atoms with Gasteiger partial charge in [0.2, 0.25) is 0 Å². The van der Waals surface area contributed by atoms with Crippen LogP contribution in [0.25, 0.3) is 0 Å². The van der Waals surface area contributed by atoms with E-state index in [1.54, 1.807) is 12.1 Å². The number of hydrogen-bond acceptors (Lipinski definition) is 2. The summed E-state index contributed by atoms with van der Waals surface area (Å²) < 4.78 is 13.2. The van der Waals surface area contributed by atoms with E-state index in [9.17, 15) is 9.18 Å². The Balaban J connectivity index is 2.39. The molecule has 2 nitrogen and oxygen atoms in total. The van der Waals surface area contributed by atoms with Crippen molar-refractivity contribution in [2.45, 2.75) is 6.92 Å². The van der Waals surface area contributed by atoms with Crippen molar-refractivity contribution in [3.63, 3.8) is 0 Å².